The largest absolute Gasteiger partial charge is 0.351 e. The van der Waals surface area contributed by atoms with Crippen LogP contribution >= 0.6 is 12.4 Å². The van der Waals surface area contributed by atoms with Crippen molar-refractivity contribution in [3.63, 3.8) is 0 Å². The minimum Gasteiger partial charge on any atom is -0.351 e. The fraction of sp³-hybridized carbons (Fsp3) is 0.533. The predicted octanol–water partition coefficient (Wildman–Crippen LogP) is 2.25. The molecule has 106 valence electrons. The number of carbonyl (C=O) groups is 1. The molecule has 1 atom stereocenters. The van der Waals surface area contributed by atoms with Gasteiger partial charge in [-0.2, -0.15) is 0 Å². The Balaban J connectivity index is 0.00000180. The quantitative estimate of drug-likeness (QED) is 0.893. The molecule has 0 bridgehead atoms. The van der Waals surface area contributed by atoms with Gasteiger partial charge in [-0.25, -0.2) is 0 Å². The van der Waals surface area contributed by atoms with Crippen LogP contribution in [0.2, 0.25) is 0 Å². The molecule has 0 spiro atoms. The fourth-order valence-corrected chi connectivity index (χ4v) is 2.33. The van der Waals surface area contributed by atoms with E-state index in [1.807, 2.05) is 44.2 Å². The lowest BCUT2D eigenvalue weighted by Crippen LogP contribution is -2.50. The average molecular weight is 283 g/mol. The maximum absolute atomic E-state index is 12.4. The third kappa shape index (κ3) is 3.95. The van der Waals surface area contributed by atoms with Crippen molar-refractivity contribution in [3.8, 4) is 0 Å². The first-order valence-electron chi connectivity index (χ1n) is 6.68. The lowest BCUT2D eigenvalue weighted by molar-refractivity contribution is -0.126. The summed E-state index contributed by atoms with van der Waals surface area (Å²) in [5, 5.41) is 6.47. The van der Waals surface area contributed by atoms with E-state index in [-0.39, 0.29) is 24.4 Å². The Morgan fingerprint density at radius 1 is 1.32 bits per heavy atom. The Kier molecular flexibility index (Phi) is 5.83. The zero-order valence-electron chi connectivity index (χ0n) is 11.6. The number of rotatable bonds is 3. The number of piperidine rings is 1. The lowest BCUT2D eigenvalue weighted by Gasteiger charge is -2.30. The van der Waals surface area contributed by atoms with Gasteiger partial charge in [0.25, 0.3) is 0 Å². The van der Waals surface area contributed by atoms with E-state index in [1.165, 1.54) is 0 Å². The van der Waals surface area contributed by atoms with Gasteiger partial charge in [0, 0.05) is 12.6 Å². The topological polar surface area (TPSA) is 41.1 Å². The zero-order chi connectivity index (χ0) is 13.0. The van der Waals surface area contributed by atoms with Gasteiger partial charge in [0.1, 0.15) is 0 Å². The molecule has 1 heterocycles. The summed E-state index contributed by atoms with van der Waals surface area (Å²) in [6, 6.07) is 10.2. The average Bonchev–Trinajstić information content (AvgIpc) is 2.41. The van der Waals surface area contributed by atoms with E-state index in [4.69, 9.17) is 0 Å². The number of halogens is 1. The highest BCUT2D eigenvalue weighted by Crippen LogP contribution is 2.23. The summed E-state index contributed by atoms with van der Waals surface area (Å²) in [7, 11) is 0. The normalized spacial score (nSPS) is 19.4. The Labute approximate surface area is 121 Å². The van der Waals surface area contributed by atoms with E-state index >= 15 is 0 Å². The molecule has 1 aliphatic rings. The highest BCUT2D eigenvalue weighted by molar-refractivity contribution is 5.87. The molecule has 1 saturated heterocycles. The maximum Gasteiger partial charge on any atom is 0.230 e. The number of nitrogens with one attached hydrogen (secondary N) is 2. The van der Waals surface area contributed by atoms with Crippen molar-refractivity contribution in [1.82, 2.24) is 10.6 Å². The molecule has 0 radical (unpaired) electrons. The monoisotopic (exact) mass is 282 g/mol. The molecule has 0 aromatic heterocycles. The molecule has 1 fully saturated rings. The number of benzene rings is 1. The van der Waals surface area contributed by atoms with Gasteiger partial charge in [0.2, 0.25) is 5.91 Å². The number of amides is 1. The van der Waals surface area contributed by atoms with Gasteiger partial charge in [-0.1, -0.05) is 30.3 Å². The van der Waals surface area contributed by atoms with Crippen LogP contribution in [0.3, 0.4) is 0 Å². The molecule has 2 N–H and O–H groups in total. The van der Waals surface area contributed by atoms with Gasteiger partial charge in [0.15, 0.2) is 0 Å². The van der Waals surface area contributed by atoms with Crippen molar-refractivity contribution in [2.45, 2.75) is 38.1 Å². The summed E-state index contributed by atoms with van der Waals surface area (Å²) in [5.74, 6) is 0.113. The Morgan fingerprint density at radius 2 is 2.00 bits per heavy atom. The summed E-state index contributed by atoms with van der Waals surface area (Å²) in [4.78, 5) is 12.4. The molecule has 2 rings (SSSR count). The van der Waals surface area contributed by atoms with Gasteiger partial charge in [0.05, 0.1) is 5.41 Å². The van der Waals surface area contributed by atoms with Crippen molar-refractivity contribution < 1.29 is 4.79 Å². The molecule has 0 aliphatic carbocycles. The van der Waals surface area contributed by atoms with Crippen LogP contribution in [0.4, 0.5) is 0 Å². The standard InChI is InChI=1S/C15H22N2O.ClH/c1-15(2,12-7-4-3-5-8-12)14(18)17-13-9-6-10-16-11-13;/h3-5,7-8,13,16H,6,9-11H2,1-2H3,(H,17,18);1H. The third-order valence-corrected chi connectivity index (χ3v) is 3.70. The summed E-state index contributed by atoms with van der Waals surface area (Å²) >= 11 is 0. The number of carbonyl (C=O) groups excluding carboxylic acids is 1. The van der Waals surface area contributed by atoms with Crippen molar-refractivity contribution >= 4 is 18.3 Å². The van der Waals surface area contributed by atoms with Gasteiger partial charge in [-0.3, -0.25) is 4.79 Å². The molecule has 1 amide bonds. The summed E-state index contributed by atoms with van der Waals surface area (Å²) in [6.45, 7) is 5.91. The first kappa shape index (κ1) is 16.0. The summed E-state index contributed by atoms with van der Waals surface area (Å²) in [5.41, 5.74) is 0.588. The molecule has 0 saturated carbocycles. The molecule has 1 aromatic rings. The van der Waals surface area contributed by atoms with Gasteiger partial charge in [-0.15, -0.1) is 12.4 Å². The van der Waals surface area contributed by atoms with Crippen LogP contribution in [0.15, 0.2) is 30.3 Å². The van der Waals surface area contributed by atoms with E-state index in [0.29, 0.717) is 0 Å². The van der Waals surface area contributed by atoms with Crippen LogP contribution in [0.5, 0.6) is 0 Å². The first-order valence-corrected chi connectivity index (χ1v) is 6.68. The minimum atomic E-state index is -0.474. The van der Waals surface area contributed by atoms with Crippen molar-refractivity contribution in [2.75, 3.05) is 13.1 Å². The predicted molar refractivity (Wildman–Crippen MR) is 80.8 cm³/mol. The SMILES string of the molecule is CC(C)(C(=O)NC1CCCNC1)c1ccccc1.Cl. The van der Waals surface area contributed by atoms with E-state index < -0.39 is 5.41 Å². The second-order valence-electron chi connectivity index (χ2n) is 5.51. The van der Waals surface area contributed by atoms with E-state index in [1.54, 1.807) is 0 Å². The molecular weight excluding hydrogens is 260 g/mol. The van der Waals surface area contributed by atoms with Crippen LogP contribution in [0.25, 0.3) is 0 Å². The third-order valence-electron chi connectivity index (χ3n) is 3.70. The van der Waals surface area contributed by atoms with Crippen LogP contribution in [0, 0.1) is 0 Å². The fourth-order valence-electron chi connectivity index (χ4n) is 2.33. The van der Waals surface area contributed by atoms with Crippen LogP contribution in [-0.2, 0) is 10.2 Å². The van der Waals surface area contributed by atoms with E-state index in [0.717, 1.165) is 31.5 Å². The number of hydrogen-bond acceptors (Lipinski definition) is 2. The molecular formula is C15H23ClN2O. The zero-order valence-corrected chi connectivity index (χ0v) is 12.4. The summed E-state index contributed by atoms with van der Waals surface area (Å²) < 4.78 is 0. The first-order chi connectivity index (χ1) is 8.60. The highest BCUT2D eigenvalue weighted by Gasteiger charge is 2.31. The smallest absolute Gasteiger partial charge is 0.230 e. The van der Waals surface area contributed by atoms with Crippen molar-refractivity contribution in [1.29, 1.82) is 0 Å². The number of hydrogen-bond donors (Lipinski definition) is 2. The van der Waals surface area contributed by atoms with Gasteiger partial charge >= 0.3 is 0 Å². The van der Waals surface area contributed by atoms with Gasteiger partial charge < -0.3 is 10.6 Å². The van der Waals surface area contributed by atoms with E-state index in [2.05, 4.69) is 10.6 Å². The molecule has 4 heteroatoms. The van der Waals surface area contributed by atoms with Crippen molar-refractivity contribution in [3.05, 3.63) is 35.9 Å². The van der Waals surface area contributed by atoms with Crippen LogP contribution in [-0.4, -0.2) is 25.0 Å². The molecule has 1 aliphatic heterocycles. The molecule has 19 heavy (non-hydrogen) atoms. The molecule has 1 aromatic carbocycles. The maximum atomic E-state index is 12.4. The van der Waals surface area contributed by atoms with Crippen LogP contribution in [0.1, 0.15) is 32.3 Å². The Hall–Kier alpha value is -1.06. The van der Waals surface area contributed by atoms with Crippen LogP contribution < -0.4 is 10.6 Å². The second-order valence-corrected chi connectivity index (χ2v) is 5.51. The van der Waals surface area contributed by atoms with Crippen molar-refractivity contribution in [2.24, 2.45) is 0 Å². The second kappa shape index (κ2) is 6.92. The minimum absolute atomic E-state index is 0. The molecule has 3 nitrogen and oxygen atoms in total. The highest BCUT2D eigenvalue weighted by atomic mass is 35.5. The van der Waals surface area contributed by atoms with E-state index in [9.17, 15) is 4.79 Å². The molecule has 1 unspecified atom stereocenters. The Morgan fingerprint density at radius 3 is 2.58 bits per heavy atom. The Bertz CT molecular complexity index is 400. The lowest BCUT2D eigenvalue weighted by atomic mass is 9.83. The van der Waals surface area contributed by atoms with Gasteiger partial charge in [-0.05, 0) is 38.8 Å². The summed E-state index contributed by atoms with van der Waals surface area (Å²) in [6.07, 6.45) is 2.21.